The second-order valence-electron chi connectivity index (χ2n) is 11.9. The van der Waals surface area contributed by atoms with Crippen molar-refractivity contribution in [3.63, 3.8) is 0 Å². The summed E-state index contributed by atoms with van der Waals surface area (Å²) in [5.74, 6) is 1.88. The first-order chi connectivity index (χ1) is 17.7. The quantitative estimate of drug-likeness (QED) is 0.126. The van der Waals surface area contributed by atoms with E-state index in [-0.39, 0.29) is 0 Å². The lowest BCUT2D eigenvalue weighted by Gasteiger charge is -2.16. The van der Waals surface area contributed by atoms with Crippen LogP contribution in [0.4, 0.5) is 0 Å². The van der Waals surface area contributed by atoms with Gasteiger partial charge in [0.05, 0.1) is 5.52 Å². The van der Waals surface area contributed by atoms with Crippen LogP contribution >= 0.6 is 31.9 Å². The summed E-state index contributed by atoms with van der Waals surface area (Å²) in [5.41, 5.74) is 3.57. The van der Waals surface area contributed by atoms with Gasteiger partial charge >= 0.3 is 0 Å². The molecule has 0 aliphatic rings. The second-order valence-corrected chi connectivity index (χ2v) is 24.9. The Balaban J connectivity index is 0.000000211. The highest BCUT2D eigenvalue weighted by Gasteiger charge is 2.14. The van der Waals surface area contributed by atoms with Gasteiger partial charge in [0.1, 0.15) is 30.6 Å². The lowest BCUT2D eigenvalue weighted by Crippen LogP contribution is -2.22. The SMILES string of the molecule is Cc1nc2cc(Br)cnc2n1COCC[Si](C)(C)C.Cc1nc2ncc(Br)cc2n1COCC[Si](C)(C)C. The number of imidazole rings is 2. The van der Waals surface area contributed by atoms with Crippen LogP contribution in [-0.4, -0.2) is 58.4 Å². The van der Waals surface area contributed by atoms with E-state index in [4.69, 9.17) is 9.47 Å². The lowest BCUT2D eigenvalue weighted by molar-refractivity contribution is 0.0881. The van der Waals surface area contributed by atoms with Gasteiger partial charge in [0.15, 0.2) is 11.3 Å². The number of rotatable bonds is 10. The maximum atomic E-state index is 5.80. The number of fused-ring (bicyclic) bond motifs is 2. The van der Waals surface area contributed by atoms with E-state index in [1.54, 1.807) is 12.4 Å². The first-order valence-corrected chi connectivity index (χ1v) is 21.9. The molecular formula is C26H40Br2N6O2Si2. The molecule has 0 spiro atoms. The molecule has 0 saturated carbocycles. The molecule has 12 heteroatoms. The minimum Gasteiger partial charge on any atom is -0.361 e. The molecule has 4 aromatic heterocycles. The molecule has 0 saturated heterocycles. The van der Waals surface area contributed by atoms with Crippen LogP contribution < -0.4 is 0 Å². The van der Waals surface area contributed by atoms with E-state index >= 15 is 0 Å². The molecule has 4 aromatic rings. The van der Waals surface area contributed by atoms with E-state index in [0.29, 0.717) is 13.5 Å². The Bertz CT molecular complexity index is 1360. The third-order valence-corrected chi connectivity index (χ3v) is 10.2. The van der Waals surface area contributed by atoms with Crippen molar-refractivity contribution >= 4 is 70.3 Å². The molecule has 0 atom stereocenters. The van der Waals surface area contributed by atoms with Crippen molar-refractivity contribution < 1.29 is 9.47 Å². The van der Waals surface area contributed by atoms with Crippen LogP contribution in [0.15, 0.2) is 33.5 Å². The molecule has 4 rings (SSSR count). The van der Waals surface area contributed by atoms with Crippen LogP contribution in [0.3, 0.4) is 0 Å². The van der Waals surface area contributed by atoms with E-state index in [1.165, 1.54) is 12.1 Å². The third-order valence-electron chi connectivity index (χ3n) is 5.94. The van der Waals surface area contributed by atoms with Crippen molar-refractivity contribution in [2.45, 2.75) is 78.7 Å². The van der Waals surface area contributed by atoms with Crippen molar-refractivity contribution in [2.75, 3.05) is 13.2 Å². The Morgan fingerprint density at radius 2 is 1.26 bits per heavy atom. The molecule has 38 heavy (non-hydrogen) atoms. The van der Waals surface area contributed by atoms with E-state index in [0.717, 1.165) is 56.1 Å². The fraction of sp³-hybridized carbons (Fsp3) is 0.538. The molecule has 8 nitrogen and oxygen atoms in total. The van der Waals surface area contributed by atoms with E-state index in [9.17, 15) is 0 Å². The van der Waals surface area contributed by atoms with E-state index < -0.39 is 16.1 Å². The summed E-state index contributed by atoms with van der Waals surface area (Å²) in [5, 5.41) is 0. The Hall–Kier alpha value is -1.45. The maximum absolute atomic E-state index is 5.80. The number of halogens is 2. The molecule has 0 aliphatic carbocycles. The zero-order valence-electron chi connectivity index (χ0n) is 23.8. The molecule has 0 aliphatic heterocycles. The summed E-state index contributed by atoms with van der Waals surface area (Å²) in [6, 6.07) is 6.37. The smallest absolute Gasteiger partial charge is 0.178 e. The third kappa shape index (κ3) is 9.34. The Labute approximate surface area is 244 Å². The molecule has 0 bridgehead atoms. The van der Waals surface area contributed by atoms with Gasteiger partial charge in [-0.05, 0) is 69.9 Å². The van der Waals surface area contributed by atoms with Crippen LogP contribution in [0.25, 0.3) is 22.3 Å². The number of hydrogen-bond acceptors (Lipinski definition) is 6. The predicted molar refractivity (Wildman–Crippen MR) is 168 cm³/mol. The summed E-state index contributed by atoms with van der Waals surface area (Å²) >= 11 is 6.86. The highest BCUT2D eigenvalue weighted by atomic mass is 79.9. The average Bonchev–Trinajstić information content (AvgIpc) is 3.27. The van der Waals surface area contributed by atoms with Crippen LogP contribution in [0.5, 0.6) is 0 Å². The molecule has 208 valence electrons. The minimum absolute atomic E-state index is 0.529. The summed E-state index contributed by atoms with van der Waals surface area (Å²) < 4.78 is 17.6. The number of hydrogen-bond donors (Lipinski definition) is 0. The molecule has 0 aromatic carbocycles. The molecule has 0 amide bonds. The summed E-state index contributed by atoms with van der Waals surface area (Å²) in [4.78, 5) is 17.7. The van der Waals surface area contributed by atoms with Gasteiger partial charge in [-0.25, -0.2) is 19.9 Å². The zero-order chi connectivity index (χ0) is 28.1. The summed E-state index contributed by atoms with van der Waals surface area (Å²) in [7, 11) is -2.05. The van der Waals surface area contributed by atoms with Gasteiger partial charge in [0, 0.05) is 50.7 Å². The van der Waals surface area contributed by atoms with Gasteiger partial charge in [-0.15, -0.1) is 0 Å². The standard InChI is InChI=1S/2C13H20BrN3OSi/c1-10-16-13-12(7-11(14)8-15-13)17(10)9-18-5-6-19(2,3)4;1-10-16-12-7-11(14)8-15-13(12)17(10)9-18-5-6-19(2,3)4/h2*7-8H,5-6,9H2,1-4H3. The number of nitrogens with zero attached hydrogens (tertiary/aromatic N) is 6. The molecular weight excluding hydrogens is 644 g/mol. The van der Waals surface area contributed by atoms with Crippen molar-refractivity contribution in [3.05, 3.63) is 45.1 Å². The fourth-order valence-electron chi connectivity index (χ4n) is 3.58. The van der Waals surface area contributed by atoms with Gasteiger partial charge in [0.25, 0.3) is 0 Å². The highest BCUT2D eigenvalue weighted by Crippen LogP contribution is 2.20. The van der Waals surface area contributed by atoms with Crippen LogP contribution in [0, 0.1) is 13.8 Å². The van der Waals surface area contributed by atoms with Crippen molar-refractivity contribution in [3.8, 4) is 0 Å². The van der Waals surface area contributed by atoms with Crippen molar-refractivity contribution in [1.29, 1.82) is 0 Å². The number of pyridine rings is 2. The zero-order valence-corrected chi connectivity index (χ0v) is 29.0. The monoisotopic (exact) mass is 682 g/mol. The number of ether oxygens (including phenoxy) is 2. The minimum atomic E-state index is -1.03. The number of aromatic nitrogens is 6. The molecule has 0 N–H and O–H groups in total. The predicted octanol–water partition coefficient (Wildman–Crippen LogP) is 7.63. The van der Waals surface area contributed by atoms with E-state index in [2.05, 4.69) is 95.6 Å². The Morgan fingerprint density at radius 3 is 1.87 bits per heavy atom. The van der Waals surface area contributed by atoms with Gasteiger partial charge in [-0.2, -0.15) is 0 Å². The molecule has 0 fully saturated rings. The van der Waals surface area contributed by atoms with Crippen LogP contribution in [-0.2, 0) is 22.9 Å². The fourth-order valence-corrected chi connectivity index (χ4v) is 5.73. The van der Waals surface area contributed by atoms with Crippen LogP contribution in [0.2, 0.25) is 51.4 Å². The lowest BCUT2D eigenvalue weighted by atomic mass is 10.4. The van der Waals surface area contributed by atoms with Crippen molar-refractivity contribution in [1.82, 2.24) is 29.1 Å². The normalized spacial score (nSPS) is 12.3. The first kappa shape index (κ1) is 31.1. The molecule has 0 radical (unpaired) electrons. The van der Waals surface area contributed by atoms with Crippen LogP contribution in [0.1, 0.15) is 11.6 Å². The maximum Gasteiger partial charge on any atom is 0.178 e. The summed E-state index contributed by atoms with van der Waals surface area (Å²) in [6.07, 6.45) is 3.56. The largest absolute Gasteiger partial charge is 0.361 e. The highest BCUT2D eigenvalue weighted by molar-refractivity contribution is 9.10. The van der Waals surface area contributed by atoms with Gasteiger partial charge in [0.2, 0.25) is 0 Å². The number of aryl methyl sites for hydroxylation is 2. The molecule has 0 unspecified atom stereocenters. The van der Waals surface area contributed by atoms with Gasteiger partial charge in [-0.3, -0.25) is 4.57 Å². The first-order valence-electron chi connectivity index (χ1n) is 12.9. The average molecular weight is 685 g/mol. The second kappa shape index (κ2) is 13.3. The Kier molecular flexibility index (Phi) is 10.9. The summed E-state index contributed by atoms with van der Waals surface area (Å²) in [6.45, 7) is 20.8. The van der Waals surface area contributed by atoms with E-state index in [1.807, 2.05) is 30.5 Å². The van der Waals surface area contributed by atoms with Crippen molar-refractivity contribution in [2.24, 2.45) is 0 Å². The van der Waals surface area contributed by atoms with Gasteiger partial charge in [-0.1, -0.05) is 39.3 Å². The van der Waals surface area contributed by atoms with Gasteiger partial charge < -0.3 is 14.0 Å². The topological polar surface area (TPSA) is 79.9 Å². The molecule has 4 heterocycles. The Morgan fingerprint density at radius 1 is 0.737 bits per heavy atom.